The summed E-state index contributed by atoms with van der Waals surface area (Å²) in [4.78, 5) is 30.7. The van der Waals surface area contributed by atoms with E-state index in [1.54, 1.807) is 18.2 Å². The molecule has 3 aromatic rings. The SMILES string of the molecule is CC(=O)Oc1c(C)cc(-c2nc3ccccc3c(=O)[nH]2)cc1C. The Bertz CT molecular complexity index is 950. The topological polar surface area (TPSA) is 72.0 Å². The van der Waals surface area contributed by atoms with E-state index < -0.39 is 0 Å². The van der Waals surface area contributed by atoms with E-state index in [0.717, 1.165) is 16.7 Å². The van der Waals surface area contributed by atoms with Gasteiger partial charge in [0, 0.05) is 12.5 Å². The molecule has 0 fully saturated rings. The molecule has 0 radical (unpaired) electrons. The molecule has 0 unspecified atom stereocenters. The van der Waals surface area contributed by atoms with Gasteiger partial charge in [0.2, 0.25) is 0 Å². The van der Waals surface area contributed by atoms with E-state index in [1.807, 2.05) is 32.0 Å². The van der Waals surface area contributed by atoms with Gasteiger partial charge >= 0.3 is 5.97 Å². The van der Waals surface area contributed by atoms with Gasteiger partial charge in [-0.3, -0.25) is 9.59 Å². The minimum atomic E-state index is -0.360. The van der Waals surface area contributed by atoms with Gasteiger partial charge in [0.1, 0.15) is 11.6 Å². The molecular weight excluding hydrogens is 292 g/mol. The third-order valence-corrected chi connectivity index (χ3v) is 3.59. The van der Waals surface area contributed by atoms with Crippen molar-refractivity contribution in [1.82, 2.24) is 9.97 Å². The number of H-pyrrole nitrogens is 1. The molecule has 116 valence electrons. The largest absolute Gasteiger partial charge is 0.426 e. The standard InChI is InChI=1S/C18H16N2O3/c1-10-8-13(9-11(2)16(10)23-12(3)21)17-19-15-7-5-4-6-14(15)18(22)20-17/h4-9H,1-3H3,(H,19,20,22). The molecule has 1 heterocycles. The first-order valence-corrected chi connectivity index (χ1v) is 7.25. The van der Waals surface area contributed by atoms with Crippen molar-refractivity contribution in [2.24, 2.45) is 0 Å². The lowest BCUT2D eigenvalue weighted by molar-refractivity contribution is -0.131. The lowest BCUT2D eigenvalue weighted by Gasteiger charge is -2.11. The van der Waals surface area contributed by atoms with Crippen LogP contribution < -0.4 is 10.3 Å². The summed E-state index contributed by atoms with van der Waals surface area (Å²) in [5.74, 6) is 0.680. The number of esters is 1. The summed E-state index contributed by atoms with van der Waals surface area (Å²) in [7, 11) is 0. The third-order valence-electron chi connectivity index (χ3n) is 3.59. The number of hydrogen-bond acceptors (Lipinski definition) is 4. The number of benzene rings is 2. The predicted octanol–water partition coefficient (Wildman–Crippen LogP) is 3.13. The Balaban J connectivity index is 2.16. The Morgan fingerprint density at radius 2 is 1.78 bits per heavy atom. The zero-order valence-corrected chi connectivity index (χ0v) is 13.1. The van der Waals surface area contributed by atoms with E-state index in [4.69, 9.17) is 4.74 Å². The van der Waals surface area contributed by atoms with Crippen molar-refractivity contribution in [2.45, 2.75) is 20.8 Å². The highest BCUT2D eigenvalue weighted by Crippen LogP contribution is 2.29. The summed E-state index contributed by atoms with van der Waals surface area (Å²) >= 11 is 0. The number of hydrogen-bond donors (Lipinski definition) is 1. The lowest BCUT2D eigenvalue weighted by atomic mass is 10.0. The first-order chi connectivity index (χ1) is 11.0. The summed E-state index contributed by atoms with van der Waals surface area (Å²) in [6.45, 7) is 5.08. The van der Waals surface area contributed by atoms with Gasteiger partial charge in [-0.25, -0.2) is 4.98 Å². The molecule has 2 aromatic carbocycles. The number of rotatable bonds is 2. The number of para-hydroxylation sites is 1. The van der Waals surface area contributed by atoms with Crippen molar-refractivity contribution in [3.63, 3.8) is 0 Å². The number of carbonyl (C=O) groups excluding carboxylic acids is 1. The highest BCUT2D eigenvalue weighted by molar-refractivity contribution is 5.79. The molecule has 0 amide bonds. The number of aryl methyl sites for hydroxylation is 2. The van der Waals surface area contributed by atoms with Crippen molar-refractivity contribution in [3.05, 3.63) is 57.9 Å². The fourth-order valence-electron chi connectivity index (χ4n) is 2.61. The van der Waals surface area contributed by atoms with E-state index in [9.17, 15) is 9.59 Å². The van der Waals surface area contributed by atoms with E-state index in [-0.39, 0.29) is 11.5 Å². The fourth-order valence-corrected chi connectivity index (χ4v) is 2.61. The van der Waals surface area contributed by atoms with Gasteiger partial charge in [0.15, 0.2) is 0 Å². The van der Waals surface area contributed by atoms with Crippen LogP contribution in [0.2, 0.25) is 0 Å². The van der Waals surface area contributed by atoms with Crippen LogP contribution in [-0.2, 0) is 4.79 Å². The number of nitrogens with one attached hydrogen (secondary N) is 1. The van der Waals surface area contributed by atoms with Gasteiger partial charge in [-0.15, -0.1) is 0 Å². The summed E-state index contributed by atoms with van der Waals surface area (Å²) in [6.07, 6.45) is 0. The highest BCUT2D eigenvalue weighted by Gasteiger charge is 2.12. The van der Waals surface area contributed by atoms with Gasteiger partial charge in [0.05, 0.1) is 10.9 Å². The van der Waals surface area contributed by atoms with Crippen molar-refractivity contribution in [2.75, 3.05) is 0 Å². The second-order valence-electron chi connectivity index (χ2n) is 5.46. The van der Waals surface area contributed by atoms with Crippen LogP contribution in [0.5, 0.6) is 5.75 Å². The Morgan fingerprint density at radius 1 is 1.13 bits per heavy atom. The Kier molecular flexibility index (Phi) is 3.70. The van der Waals surface area contributed by atoms with Crippen LogP contribution in [0, 0.1) is 13.8 Å². The highest BCUT2D eigenvalue weighted by atomic mass is 16.5. The van der Waals surface area contributed by atoms with E-state index in [1.165, 1.54) is 6.92 Å². The average Bonchev–Trinajstić information content (AvgIpc) is 2.50. The van der Waals surface area contributed by atoms with Crippen LogP contribution in [0.25, 0.3) is 22.3 Å². The zero-order chi connectivity index (χ0) is 16.6. The number of carbonyl (C=O) groups is 1. The maximum Gasteiger partial charge on any atom is 0.308 e. The molecule has 23 heavy (non-hydrogen) atoms. The van der Waals surface area contributed by atoms with Gasteiger partial charge < -0.3 is 9.72 Å². The molecular formula is C18H16N2O3. The number of aromatic nitrogens is 2. The summed E-state index contributed by atoms with van der Waals surface area (Å²) < 4.78 is 5.23. The van der Waals surface area contributed by atoms with Gasteiger partial charge in [-0.2, -0.15) is 0 Å². The minimum Gasteiger partial charge on any atom is -0.426 e. The first kappa shape index (κ1) is 15.0. The van der Waals surface area contributed by atoms with Crippen molar-refractivity contribution in [1.29, 1.82) is 0 Å². The second-order valence-corrected chi connectivity index (χ2v) is 5.46. The molecule has 5 nitrogen and oxygen atoms in total. The van der Waals surface area contributed by atoms with Gasteiger partial charge in [0.25, 0.3) is 5.56 Å². The number of ether oxygens (including phenoxy) is 1. The van der Waals surface area contributed by atoms with Crippen molar-refractivity contribution < 1.29 is 9.53 Å². The van der Waals surface area contributed by atoms with Crippen LogP contribution in [0.15, 0.2) is 41.2 Å². The fraction of sp³-hybridized carbons (Fsp3) is 0.167. The molecule has 1 aromatic heterocycles. The van der Waals surface area contributed by atoms with Crippen LogP contribution in [-0.4, -0.2) is 15.9 Å². The molecule has 5 heteroatoms. The second kappa shape index (κ2) is 5.68. The van der Waals surface area contributed by atoms with Crippen molar-refractivity contribution in [3.8, 4) is 17.1 Å². The quantitative estimate of drug-likeness (QED) is 0.583. The maximum absolute atomic E-state index is 12.2. The number of nitrogens with zero attached hydrogens (tertiary/aromatic N) is 1. The molecule has 0 aliphatic heterocycles. The predicted molar refractivity (Wildman–Crippen MR) is 88.6 cm³/mol. The number of fused-ring (bicyclic) bond motifs is 1. The lowest BCUT2D eigenvalue weighted by Crippen LogP contribution is -2.10. The third kappa shape index (κ3) is 2.85. The molecule has 0 spiro atoms. The van der Waals surface area contributed by atoms with Crippen LogP contribution in [0.4, 0.5) is 0 Å². The molecule has 0 saturated carbocycles. The Hall–Kier alpha value is -2.95. The minimum absolute atomic E-state index is 0.176. The summed E-state index contributed by atoms with van der Waals surface area (Å²) in [5.41, 5.74) is 2.87. The van der Waals surface area contributed by atoms with E-state index >= 15 is 0 Å². The van der Waals surface area contributed by atoms with Crippen molar-refractivity contribution >= 4 is 16.9 Å². The maximum atomic E-state index is 12.2. The smallest absolute Gasteiger partial charge is 0.308 e. The number of aromatic amines is 1. The van der Waals surface area contributed by atoms with Gasteiger partial charge in [-0.05, 0) is 49.2 Å². The van der Waals surface area contributed by atoms with Gasteiger partial charge in [-0.1, -0.05) is 12.1 Å². The Labute approximate surface area is 133 Å². The van der Waals surface area contributed by atoms with Crippen LogP contribution in [0.3, 0.4) is 0 Å². The zero-order valence-electron chi connectivity index (χ0n) is 13.1. The van der Waals surface area contributed by atoms with Crippen LogP contribution >= 0.6 is 0 Å². The Morgan fingerprint density at radius 3 is 2.43 bits per heavy atom. The molecule has 0 saturated heterocycles. The molecule has 0 atom stereocenters. The summed E-state index contributed by atoms with van der Waals surface area (Å²) in [5, 5.41) is 0.557. The average molecular weight is 308 g/mol. The summed E-state index contributed by atoms with van der Waals surface area (Å²) in [6, 6.07) is 10.9. The molecule has 3 rings (SSSR count). The molecule has 0 bridgehead atoms. The monoisotopic (exact) mass is 308 g/mol. The molecule has 0 aliphatic rings. The first-order valence-electron chi connectivity index (χ1n) is 7.25. The van der Waals surface area contributed by atoms with E-state index in [2.05, 4.69) is 9.97 Å². The van der Waals surface area contributed by atoms with Crippen LogP contribution in [0.1, 0.15) is 18.1 Å². The molecule has 1 N–H and O–H groups in total. The van der Waals surface area contributed by atoms with E-state index in [0.29, 0.717) is 22.5 Å². The molecule has 0 aliphatic carbocycles. The normalized spacial score (nSPS) is 10.7.